The minimum Gasteiger partial charge on any atom is -0.372 e. The molecule has 2 atom stereocenters. The molecule has 3 rings (SSSR count). The van der Waals surface area contributed by atoms with Crippen LogP contribution in [0.3, 0.4) is 0 Å². The SMILES string of the molecule is C1CCN(C2CCN(C[C@H]3CO3)C2)C1. The first kappa shape index (κ1) is 9.13. The number of hydrogen-bond donors (Lipinski definition) is 0. The number of epoxide rings is 1. The lowest BCUT2D eigenvalue weighted by molar-refractivity contribution is 0.224. The summed E-state index contributed by atoms with van der Waals surface area (Å²) in [5.41, 5.74) is 0. The van der Waals surface area contributed by atoms with Gasteiger partial charge in [0.2, 0.25) is 0 Å². The summed E-state index contributed by atoms with van der Waals surface area (Å²) in [7, 11) is 0. The molecule has 0 aliphatic carbocycles. The van der Waals surface area contributed by atoms with Crippen LogP contribution in [0.15, 0.2) is 0 Å². The first-order valence-corrected chi connectivity index (χ1v) is 6.00. The van der Waals surface area contributed by atoms with E-state index in [4.69, 9.17) is 4.74 Å². The molecule has 3 nitrogen and oxygen atoms in total. The van der Waals surface area contributed by atoms with Crippen LogP contribution in [0.4, 0.5) is 0 Å². The summed E-state index contributed by atoms with van der Waals surface area (Å²) < 4.78 is 5.28. The highest BCUT2D eigenvalue weighted by Gasteiger charge is 2.32. The topological polar surface area (TPSA) is 19.0 Å². The van der Waals surface area contributed by atoms with Gasteiger partial charge in [-0.25, -0.2) is 0 Å². The highest BCUT2D eigenvalue weighted by atomic mass is 16.6. The molecule has 80 valence electrons. The Labute approximate surface area is 86.0 Å². The van der Waals surface area contributed by atoms with Gasteiger partial charge in [-0.1, -0.05) is 0 Å². The van der Waals surface area contributed by atoms with Gasteiger partial charge in [0, 0.05) is 19.1 Å². The van der Waals surface area contributed by atoms with Crippen molar-refractivity contribution < 1.29 is 4.74 Å². The van der Waals surface area contributed by atoms with E-state index in [9.17, 15) is 0 Å². The van der Waals surface area contributed by atoms with Crippen LogP contribution >= 0.6 is 0 Å². The number of nitrogens with zero attached hydrogens (tertiary/aromatic N) is 2. The van der Waals surface area contributed by atoms with Gasteiger partial charge in [-0.3, -0.25) is 9.80 Å². The van der Waals surface area contributed by atoms with Gasteiger partial charge in [-0.05, 0) is 38.9 Å². The first-order chi connectivity index (χ1) is 6.92. The van der Waals surface area contributed by atoms with Crippen molar-refractivity contribution >= 4 is 0 Å². The number of rotatable bonds is 3. The third-order valence-electron chi connectivity index (χ3n) is 3.77. The summed E-state index contributed by atoms with van der Waals surface area (Å²) in [6, 6.07) is 0.858. The monoisotopic (exact) mass is 196 g/mol. The molecule has 3 saturated heterocycles. The van der Waals surface area contributed by atoms with Crippen LogP contribution in [0.1, 0.15) is 19.3 Å². The number of ether oxygens (including phenoxy) is 1. The third kappa shape index (κ3) is 1.95. The van der Waals surface area contributed by atoms with Crippen molar-refractivity contribution in [1.29, 1.82) is 0 Å². The highest BCUT2D eigenvalue weighted by Crippen LogP contribution is 2.22. The van der Waals surface area contributed by atoms with Crippen molar-refractivity contribution in [3.8, 4) is 0 Å². The molecule has 0 aromatic heterocycles. The average molecular weight is 196 g/mol. The van der Waals surface area contributed by atoms with Gasteiger partial charge in [-0.2, -0.15) is 0 Å². The molecule has 0 bridgehead atoms. The Morgan fingerprint density at radius 3 is 2.64 bits per heavy atom. The van der Waals surface area contributed by atoms with Crippen molar-refractivity contribution in [3.63, 3.8) is 0 Å². The second-order valence-electron chi connectivity index (χ2n) is 4.90. The highest BCUT2D eigenvalue weighted by molar-refractivity contribution is 4.87. The Balaban J connectivity index is 1.47. The Hall–Kier alpha value is -0.120. The fourth-order valence-electron chi connectivity index (χ4n) is 2.84. The molecule has 3 heteroatoms. The van der Waals surface area contributed by atoms with E-state index >= 15 is 0 Å². The zero-order valence-electron chi connectivity index (χ0n) is 8.82. The van der Waals surface area contributed by atoms with E-state index in [2.05, 4.69) is 9.80 Å². The van der Waals surface area contributed by atoms with Crippen LogP contribution in [-0.4, -0.2) is 61.3 Å². The summed E-state index contributed by atoms with van der Waals surface area (Å²) in [5, 5.41) is 0. The van der Waals surface area contributed by atoms with Crippen molar-refractivity contribution in [2.24, 2.45) is 0 Å². The van der Waals surface area contributed by atoms with Crippen LogP contribution in [0, 0.1) is 0 Å². The molecule has 3 aliphatic rings. The van der Waals surface area contributed by atoms with Crippen molar-refractivity contribution in [3.05, 3.63) is 0 Å². The lowest BCUT2D eigenvalue weighted by Crippen LogP contribution is -2.36. The molecular formula is C11H20N2O. The minimum atomic E-state index is 0.576. The smallest absolute Gasteiger partial charge is 0.0936 e. The molecule has 0 radical (unpaired) electrons. The van der Waals surface area contributed by atoms with Crippen molar-refractivity contribution in [2.45, 2.75) is 31.4 Å². The Kier molecular flexibility index (Phi) is 2.48. The zero-order chi connectivity index (χ0) is 9.38. The molecule has 3 aliphatic heterocycles. The van der Waals surface area contributed by atoms with Crippen molar-refractivity contribution in [1.82, 2.24) is 9.80 Å². The zero-order valence-corrected chi connectivity index (χ0v) is 8.82. The van der Waals surface area contributed by atoms with Gasteiger partial charge in [-0.15, -0.1) is 0 Å². The maximum absolute atomic E-state index is 5.28. The quantitative estimate of drug-likeness (QED) is 0.615. The lowest BCUT2D eigenvalue weighted by Gasteiger charge is -2.23. The van der Waals surface area contributed by atoms with E-state index in [0.717, 1.165) is 12.6 Å². The van der Waals surface area contributed by atoms with E-state index in [1.54, 1.807) is 0 Å². The minimum absolute atomic E-state index is 0.576. The van der Waals surface area contributed by atoms with Gasteiger partial charge >= 0.3 is 0 Å². The molecule has 0 N–H and O–H groups in total. The number of hydrogen-bond acceptors (Lipinski definition) is 3. The molecule has 14 heavy (non-hydrogen) atoms. The van der Waals surface area contributed by atoms with Crippen molar-refractivity contribution in [2.75, 3.05) is 39.3 Å². The van der Waals surface area contributed by atoms with Crippen LogP contribution in [0.25, 0.3) is 0 Å². The summed E-state index contributed by atoms with van der Waals surface area (Å²) in [5.74, 6) is 0. The maximum atomic E-state index is 5.28. The molecule has 0 aromatic carbocycles. The van der Waals surface area contributed by atoms with Gasteiger partial charge in [0.05, 0.1) is 12.7 Å². The van der Waals surface area contributed by atoms with Crippen LogP contribution in [0.2, 0.25) is 0 Å². The molecule has 0 aromatic rings. The third-order valence-corrected chi connectivity index (χ3v) is 3.77. The molecule has 3 heterocycles. The standard InChI is InChI=1S/C11H20N2O/c1-2-5-13(4-1)10-3-6-12(7-10)8-11-9-14-11/h10-11H,1-9H2/t10?,11-/m0/s1. The Bertz CT molecular complexity index is 199. The predicted octanol–water partition coefficient (Wildman–Crippen LogP) is 0.555. The molecule has 0 amide bonds. The summed E-state index contributed by atoms with van der Waals surface area (Å²) in [4.78, 5) is 5.27. The van der Waals surface area contributed by atoms with E-state index in [0.29, 0.717) is 6.10 Å². The van der Waals surface area contributed by atoms with E-state index < -0.39 is 0 Å². The second kappa shape index (κ2) is 3.80. The molecule has 3 fully saturated rings. The van der Waals surface area contributed by atoms with E-state index in [1.165, 1.54) is 52.0 Å². The van der Waals surface area contributed by atoms with Crippen LogP contribution < -0.4 is 0 Å². The van der Waals surface area contributed by atoms with Crippen LogP contribution in [-0.2, 0) is 4.74 Å². The van der Waals surface area contributed by atoms with Crippen LogP contribution in [0.5, 0.6) is 0 Å². The molecule has 0 spiro atoms. The van der Waals surface area contributed by atoms with Gasteiger partial charge in [0.1, 0.15) is 0 Å². The Morgan fingerprint density at radius 2 is 1.93 bits per heavy atom. The number of likely N-dealkylation sites (tertiary alicyclic amines) is 2. The molecule has 0 saturated carbocycles. The summed E-state index contributed by atoms with van der Waals surface area (Å²) in [6.45, 7) is 7.47. The second-order valence-corrected chi connectivity index (χ2v) is 4.90. The summed E-state index contributed by atoms with van der Waals surface area (Å²) >= 11 is 0. The predicted molar refractivity (Wildman–Crippen MR) is 55.4 cm³/mol. The molecular weight excluding hydrogens is 176 g/mol. The summed E-state index contributed by atoms with van der Waals surface area (Å²) in [6.07, 6.45) is 4.80. The van der Waals surface area contributed by atoms with E-state index in [1.807, 2.05) is 0 Å². The van der Waals surface area contributed by atoms with E-state index in [-0.39, 0.29) is 0 Å². The Morgan fingerprint density at radius 1 is 1.14 bits per heavy atom. The molecule has 1 unspecified atom stereocenters. The largest absolute Gasteiger partial charge is 0.372 e. The lowest BCUT2D eigenvalue weighted by atomic mass is 10.2. The first-order valence-electron chi connectivity index (χ1n) is 6.00. The normalized spacial score (nSPS) is 39.4. The van der Waals surface area contributed by atoms with Gasteiger partial charge < -0.3 is 4.74 Å². The van der Waals surface area contributed by atoms with Gasteiger partial charge in [0.25, 0.3) is 0 Å². The maximum Gasteiger partial charge on any atom is 0.0936 e. The average Bonchev–Trinajstić information content (AvgIpc) is 2.71. The fraction of sp³-hybridized carbons (Fsp3) is 1.00. The fourth-order valence-corrected chi connectivity index (χ4v) is 2.84. The van der Waals surface area contributed by atoms with Gasteiger partial charge in [0.15, 0.2) is 0 Å².